The SMILES string of the molecule is O=C(CC1CCc2ccccc2C1)NCC(Oc1ccc(F)cc1)C(=O)O. The highest BCUT2D eigenvalue weighted by molar-refractivity contribution is 5.78. The third-order valence-electron chi connectivity index (χ3n) is 4.78. The molecule has 0 aliphatic heterocycles. The first-order chi connectivity index (χ1) is 13.0. The molecule has 2 unspecified atom stereocenters. The highest BCUT2D eigenvalue weighted by Crippen LogP contribution is 2.27. The third-order valence-corrected chi connectivity index (χ3v) is 4.78. The van der Waals surface area contributed by atoms with Gasteiger partial charge in [0.1, 0.15) is 11.6 Å². The minimum Gasteiger partial charge on any atom is -0.478 e. The minimum absolute atomic E-state index is 0.144. The summed E-state index contributed by atoms with van der Waals surface area (Å²) in [5.74, 6) is -1.32. The second-order valence-electron chi connectivity index (χ2n) is 6.78. The number of carbonyl (C=O) groups is 2. The van der Waals surface area contributed by atoms with Gasteiger partial charge in [-0.3, -0.25) is 4.79 Å². The summed E-state index contributed by atoms with van der Waals surface area (Å²) in [5.41, 5.74) is 2.62. The van der Waals surface area contributed by atoms with Crippen molar-refractivity contribution < 1.29 is 23.8 Å². The Hall–Kier alpha value is -2.89. The van der Waals surface area contributed by atoms with Gasteiger partial charge in [-0.15, -0.1) is 0 Å². The number of fused-ring (bicyclic) bond motifs is 1. The number of ether oxygens (including phenoxy) is 1. The fourth-order valence-electron chi connectivity index (χ4n) is 3.35. The first-order valence-electron chi connectivity index (χ1n) is 9.00. The van der Waals surface area contributed by atoms with E-state index in [1.165, 1.54) is 35.4 Å². The fourth-order valence-corrected chi connectivity index (χ4v) is 3.35. The quantitative estimate of drug-likeness (QED) is 0.785. The molecule has 0 bridgehead atoms. The van der Waals surface area contributed by atoms with Crippen molar-refractivity contribution in [2.24, 2.45) is 5.92 Å². The molecule has 1 aliphatic carbocycles. The average molecular weight is 371 g/mol. The van der Waals surface area contributed by atoms with E-state index in [0.29, 0.717) is 6.42 Å². The van der Waals surface area contributed by atoms with Crippen LogP contribution in [0.1, 0.15) is 24.0 Å². The van der Waals surface area contributed by atoms with Gasteiger partial charge in [-0.05, 0) is 60.6 Å². The summed E-state index contributed by atoms with van der Waals surface area (Å²) in [4.78, 5) is 23.6. The number of carbonyl (C=O) groups excluding carboxylic acids is 1. The molecule has 0 aromatic heterocycles. The zero-order valence-corrected chi connectivity index (χ0v) is 14.9. The second kappa shape index (κ2) is 8.66. The van der Waals surface area contributed by atoms with Gasteiger partial charge in [0.2, 0.25) is 12.0 Å². The maximum atomic E-state index is 12.9. The number of rotatable bonds is 7. The summed E-state index contributed by atoms with van der Waals surface area (Å²) < 4.78 is 18.3. The molecule has 0 fully saturated rings. The lowest BCUT2D eigenvalue weighted by Crippen LogP contribution is -2.41. The number of halogens is 1. The number of aryl methyl sites for hydroxylation is 1. The van der Waals surface area contributed by atoms with E-state index in [1.54, 1.807) is 0 Å². The van der Waals surface area contributed by atoms with Gasteiger partial charge in [-0.25, -0.2) is 9.18 Å². The molecule has 2 aromatic carbocycles. The molecule has 2 aromatic rings. The smallest absolute Gasteiger partial charge is 0.346 e. The first kappa shape index (κ1) is 18.9. The zero-order chi connectivity index (χ0) is 19.2. The fraction of sp³-hybridized carbons (Fsp3) is 0.333. The molecule has 0 radical (unpaired) electrons. The number of amides is 1. The molecule has 27 heavy (non-hydrogen) atoms. The van der Waals surface area contributed by atoms with E-state index in [4.69, 9.17) is 4.74 Å². The van der Waals surface area contributed by atoms with Crippen molar-refractivity contribution >= 4 is 11.9 Å². The van der Waals surface area contributed by atoms with E-state index in [0.717, 1.165) is 19.3 Å². The molecule has 0 saturated carbocycles. The number of hydrogen-bond donors (Lipinski definition) is 2. The summed E-state index contributed by atoms with van der Waals surface area (Å²) in [5, 5.41) is 11.9. The molecule has 0 heterocycles. The van der Waals surface area contributed by atoms with Crippen LogP contribution < -0.4 is 10.1 Å². The highest BCUT2D eigenvalue weighted by Gasteiger charge is 2.23. The van der Waals surface area contributed by atoms with Crippen molar-refractivity contribution in [2.45, 2.75) is 31.8 Å². The molecule has 5 nitrogen and oxygen atoms in total. The summed E-state index contributed by atoms with van der Waals surface area (Å²) in [6.45, 7) is -0.144. The Bertz CT molecular complexity index is 806. The highest BCUT2D eigenvalue weighted by atomic mass is 19.1. The van der Waals surface area contributed by atoms with E-state index in [9.17, 15) is 19.1 Å². The lowest BCUT2D eigenvalue weighted by molar-refractivity contribution is -0.145. The van der Waals surface area contributed by atoms with Crippen LogP contribution in [0.3, 0.4) is 0 Å². The molecular formula is C21H22FNO4. The molecule has 2 N–H and O–H groups in total. The number of hydrogen-bond acceptors (Lipinski definition) is 3. The van der Waals surface area contributed by atoms with Gasteiger partial charge in [-0.2, -0.15) is 0 Å². The Morgan fingerprint density at radius 3 is 2.56 bits per heavy atom. The van der Waals surface area contributed by atoms with Crippen LogP contribution in [-0.2, 0) is 22.4 Å². The van der Waals surface area contributed by atoms with Gasteiger partial charge >= 0.3 is 5.97 Å². The largest absolute Gasteiger partial charge is 0.478 e. The van der Waals surface area contributed by atoms with Crippen LogP contribution in [-0.4, -0.2) is 29.6 Å². The van der Waals surface area contributed by atoms with Crippen molar-refractivity contribution in [1.29, 1.82) is 0 Å². The number of aliphatic carboxylic acids is 1. The van der Waals surface area contributed by atoms with Crippen molar-refractivity contribution in [1.82, 2.24) is 5.32 Å². The maximum Gasteiger partial charge on any atom is 0.346 e. The number of nitrogens with one attached hydrogen (secondary N) is 1. The van der Waals surface area contributed by atoms with Crippen molar-refractivity contribution in [2.75, 3.05) is 6.54 Å². The lowest BCUT2D eigenvalue weighted by Gasteiger charge is -2.24. The Balaban J connectivity index is 1.49. The Labute approximate surface area is 157 Å². The minimum atomic E-state index is -1.23. The number of benzene rings is 2. The third kappa shape index (κ3) is 5.29. The number of carboxylic acids is 1. The molecule has 1 amide bonds. The van der Waals surface area contributed by atoms with E-state index < -0.39 is 17.9 Å². The van der Waals surface area contributed by atoms with Gasteiger partial charge in [0.15, 0.2) is 0 Å². The van der Waals surface area contributed by atoms with Crippen LogP contribution in [0.2, 0.25) is 0 Å². The normalized spacial score (nSPS) is 16.9. The molecule has 142 valence electrons. The van der Waals surface area contributed by atoms with E-state index >= 15 is 0 Å². The van der Waals surface area contributed by atoms with E-state index in [-0.39, 0.29) is 24.1 Å². The average Bonchev–Trinajstić information content (AvgIpc) is 2.66. The number of carboxylic acid groups (broad SMARTS) is 1. The van der Waals surface area contributed by atoms with Gasteiger partial charge in [0, 0.05) is 6.42 Å². The molecule has 2 atom stereocenters. The van der Waals surface area contributed by atoms with Crippen LogP contribution in [0.5, 0.6) is 5.75 Å². The first-order valence-corrected chi connectivity index (χ1v) is 9.00. The van der Waals surface area contributed by atoms with Crippen molar-refractivity contribution in [3.05, 3.63) is 65.5 Å². The summed E-state index contributed by atoms with van der Waals surface area (Å²) >= 11 is 0. The second-order valence-corrected chi connectivity index (χ2v) is 6.78. The molecule has 1 aliphatic rings. The van der Waals surface area contributed by atoms with Gasteiger partial charge < -0.3 is 15.2 Å². The van der Waals surface area contributed by atoms with E-state index in [2.05, 4.69) is 17.4 Å². The molecule has 0 spiro atoms. The van der Waals surface area contributed by atoms with Crippen molar-refractivity contribution in [3.63, 3.8) is 0 Å². The van der Waals surface area contributed by atoms with Crippen LogP contribution in [0.4, 0.5) is 4.39 Å². The van der Waals surface area contributed by atoms with Crippen molar-refractivity contribution in [3.8, 4) is 5.75 Å². The monoisotopic (exact) mass is 371 g/mol. The van der Waals surface area contributed by atoms with Gasteiger partial charge in [0.25, 0.3) is 0 Å². The molecule has 3 rings (SSSR count). The summed E-state index contributed by atoms with van der Waals surface area (Å²) in [6, 6.07) is 13.3. The standard InChI is InChI=1S/C21H22FNO4/c22-17-7-9-18(10-8-17)27-19(21(25)26)13-23-20(24)12-14-5-6-15-3-1-2-4-16(15)11-14/h1-4,7-10,14,19H,5-6,11-13H2,(H,23,24)(H,25,26). The van der Waals surface area contributed by atoms with Crippen LogP contribution in [0, 0.1) is 11.7 Å². The Kier molecular flexibility index (Phi) is 6.06. The van der Waals surface area contributed by atoms with Crippen LogP contribution >= 0.6 is 0 Å². The van der Waals surface area contributed by atoms with E-state index in [1.807, 2.05) is 12.1 Å². The molecule has 0 saturated heterocycles. The molecular weight excluding hydrogens is 349 g/mol. The molecule has 6 heteroatoms. The Morgan fingerprint density at radius 2 is 1.85 bits per heavy atom. The predicted octanol–water partition coefficient (Wildman–Crippen LogP) is 2.97. The van der Waals surface area contributed by atoms with Gasteiger partial charge in [0.05, 0.1) is 6.54 Å². The maximum absolute atomic E-state index is 12.9. The van der Waals surface area contributed by atoms with Crippen LogP contribution in [0.25, 0.3) is 0 Å². The zero-order valence-electron chi connectivity index (χ0n) is 14.9. The lowest BCUT2D eigenvalue weighted by atomic mass is 9.82. The van der Waals surface area contributed by atoms with Gasteiger partial charge in [-0.1, -0.05) is 24.3 Å². The Morgan fingerprint density at radius 1 is 1.15 bits per heavy atom. The topological polar surface area (TPSA) is 75.6 Å². The predicted molar refractivity (Wildman–Crippen MR) is 98.0 cm³/mol. The summed E-state index contributed by atoms with van der Waals surface area (Å²) in [7, 11) is 0. The summed E-state index contributed by atoms with van der Waals surface area (Å²) in [6.07, 6.45) is 1.89. The van der Waals surface area contributed by atoms with Crippen LogP contribution in [0.15, 0.2) is 48.5 Å².